The van der Waals surface area contributed by atoms with Crippen LogP contribution in [0.25, 0.3) is 22.4 Å². The lowest BCUT2D eigenvalue weighted by molar-refractivity contribution is -0.660. The Morgan fingerprint density at radius 2 is 1.61 bits per heavy atom. The smallest absolute Gasteiger partial charge is 0.201 e. The number of pyridine rings is 1. The fourth-order valence-electron chi connectivity index (χ4n) is 5.63. The number of aryl methyl sites for hydroxylation is 3. The van der Waals surface area contributed by atoms with Gasteiger partial charge in [-0.2, -0.15) is 0 Å². The molecule has 1 nitrogen and oxygen atoms in total. The molecule has 1 fully saturated rings. The first-order valence-corrected chi connectivity index (χ1v) is 13.5. The second kappa shape index (κ2) is 7.00. The summed E-state index contributed by atoms with van der Waals surface area (Å²) in [7, 11) is 0.998. The second-order valence-corrected chi connectivity index (χ2v) is 13.5. The second-order valence-electron chi connectivity index (χ2n) is 8.95. The third-order valence-corrected chi connectivity index (χ3v) is 12.7. The number of benzene rings is 2. The van der Waals surface area contributed by atoms with E-state index in [0.29, 0.717) is 0 Å². The van der Waals surface area contributed by atoms with Crippen molar-refractivity contribution < 1.29 is 4.57 Å². The first-order chi connectivity index (χ1) is 13.7. The van der Waals surface area contributed by atoms with Crippen LogP contribution in [0.2, 0.25) is 18.1 Å². The number of aromatic nitrogens is 1. The maximum Gasteiger partial charge on any atom is 0.212 e. The van der Waals surface area contributed by atoms with Crippen LogP contribution in [-0.2, 0) is 13.5 Å². The third kappa shape index (κ3) is 2.95. The van der Waals surface area contributed by atoms with Crippen molar-refractivity contribution in [2.24, 2.45) is 7.05 Å². The molecule has 0 unspecified atom stereocenters. The zero-order valence-electron chi connectivity index (χ0n) is 17.2. The Bertz CT molecular complexity index is 1020. The maximum absolute atomic E-state index is 2.61. The van der Waals surface area contributed by atoms with E-state index in [1.54, 1.807) is 10.8 Å². The van der Waals surface area contributed by atoms with Gasteiger partial charge >= 0.3 is 0 Å². The molecule has 0 amide bonds. The predicted octanol–water partition coefficient (Wildman–Crippen LogP) is 5.55. The highest BCUT2D eigenvalue weighted by Gasteiger charge is 2.43. The number of hydrogen-bond acceptors (Lipinski definition) is 0. The minimum atomic E-state index is -1.24. The molecule has 0 radical (unpaired) electrons. The molecule has 2 aliphatic heterocycles. The van der Waals surface area contributed by atoms with Crippen LogP contribution in [-0.4, -0.2) is 8.07 Å². The number of fused-ring (bicyclic) bond motifs is 2. The predicted molar refractivity (Wildman–Crippen MR) is 121 cm³/mol. The molecule has 0 N–H and O–H groups in total. The standard InChI is InChI=1S/C26H30NSi/c1-20-11-12-22(21-9-5-3-6-10-21)17-24(20)25-18-26-23(19-27(25)2)13-16-28(26)14-7-4-8-15-28/h3,5-6,9-12,17-19H,4,7-8,13-16H2,1-2H3/q+1. The van der Waals surface area contributed by atoms with Gasteiger partial charge in [0.2, 0.25) is 5.69 Å². The van der Waals surface area contributed by atoms with E-state index in [-0.39, 0.29) is 0 Å². The number of hydrogen-bond donors (Lipinski definition) is 0. The lowest BCUT2D eigenvalue weighted by atomic mass is 9.97. The first kappa shape index (κ1) is 17.9. The van der Waals surface area contributed by atoms with Gasteiger partial charge in [-0.25, -0.2) is 4.57 Å². The summed E-state index contributed by atoms with van der Waals surface area (Å²) in [6.07, 6.45) is 8.15. The van der Waals surface area contributed by atoms with Crippen molar-refractivity contribution in [3.05, 3.63) is 71.9 Å². The highest BCUT2D eigenvalue weighted by atomic mass is 28.3. The summed E-state index contributed by atoms with van der Waals surface area (Å²) >= 11 is 0. The molecule has 1 saturated heterocycles. The van der Waals surface area contributed by atoms with Gasteiger partial charge in [0.1, 0.15) is 7.05 Å². The Morgan fingerprint density at radius 1 is 0.821 bits per heavy atom. The number of rotatable bonds is 2. The van der Waals surface area contributed by atoms with Crippen LogP contribution in [0.4, 0.5) is 0 Å². The van der Waals surface area contributed by atoms with Crippen molar-refractivity contribution in [2.75, 3.05) is 0 Å². The molecule has 1 spiro atoms. The molecule has 0 saturated carbocycles. The van der Waals surface area contributed by atoms with Gasteiger partial charge in [-0.3, -0.25) is 0 Å². The van der Waals surface area contributed by atoms with E-state index >= 15 is 0 Å². The summed E-state index contributed by atoms with van der Waals surface area (Å²) in [6, 6.07) is 24.9. The van der Waals surface area contributed by atoms with Gasteiger partial charge in [0, 0.05) is 17.2 Å². The van der Waals surface area contributed by atoms with Gasteiger partial charge < -0.3 is 0 Å². The lowest BCUT2D eigenvalue weighted by Crippen LogP contribution is -2.48. The van der Waals surface area contributed by atoms with E-state index in [1.165, 1.54) is 71.8 Å². The molecular weight excluding hydrogens is 354 g/mol. The van der Waals surface area contributed by atoms with Crippen LogP contribution >= 0.6 is 0 Å². The maximum atomic E-state index is 2.61. The monoisotopic (exact) mass is 384 g/mol. The molecule has 3 heterocycles. The Hall–Kier alpha value is -2.19. The molecule has 2 heteroatoms. The molecule has 0 aliphatic carbocycles. The molecule has 2 aliphatic rings. The Morgan fingerprint density at radius 3 is 2.39 bits per heavy atom. The highest BCUT2D eigenvalue weighted by molar-refractivity contribution is 6.93. The average molecular weight is 385 g/mol. The average Bonchev–Trinajstić information content (AvgIpc) is 3.06. The van der Waals surface area contributed by atoms with Crippen LogP contribution in [0.3, 0.4) is 0 Å². The van der Waals surface area contributed by atoms with Crippen molar-refractivity contribution in [1.29, 1.82) is 0 Å². The summed E-state index contributed by atoms with van der Waals surface area (Å²) in [5.74, 6) is 0. The van der Waals surface area contributed by atoms with Gasteiger partial charge in [0.25, 0.3) is 0 Å². The molecule has 3 aromatic rings. The highest BCUT2D eigenvalue weighted by Crippen LogP contribution is 2.38. The van der Waals surface area contributed by atoms with Crippen LogP contribution in [0.5, 0.6) is 0 Å². The van der Waals surface area contributed by atoms with Gasteiger partial charge in [-0.1, -0.05) is 73.8 Å². The lowest BCUT2D eigenvalue weighted by Gasteiger charge is -2.32. The molecule has 5 rings (SSSR count). The number of nitrogens with zero attached hydrogens (tertiary/aromatic N) is 1. The molecule has 142 valence electrons. The molecular formula is C26H30NSi+. The van der Waals surface area contributed by atoms with Gasteiger partial charge in [0.05, 0.1) is 8.07 Å². The van der Waals surface area contributed by atoms with Crippen LogP contribution in [0.15, 0.2) is 60.8 Å². The first-order valence-electron chi connectivity index (χ1n) is 10.9. The van der Waals surface area contributed by atoms with E-state index in [2.05, 4.69) is 79.3 Å². The van der Waals surface area contributed by atoms with Crippen LogP contribution in [0, 0.1) is 6.92 Å². The van der Waals surface area contributed by atoms with Crippen LogP contribution in [0.1, 0.15) is 30.4 Å². The Labute approximate surface area is 170 Å². The summed E-state index contributed by atoms with van der Waals surface area (Å²) in [5.41, 5.74) is 8.41. The van der Waals surface area contributed by atoms with Crippen molar-refractivity contribution >= 4 is 13.3 Å². The van der Waals surface area contributed by atoms with E-state index in [4.69, 9.17) is 0 Å². The van der Waals surface area contributed by atoms with Crippen molar-refractivity contribution in [3.8, 4) is 22.4 Å². The Kier molecular flexibility index (Phi) is 4.47. The topological polar surface area (TPSA) is 3.88 Å². The van der Waals surface area contributed by atoms with E-state index in [1.807, 2.05) is 0 Å². The van der Waals surface area contributed by atoms with Crippen molar-refractivity contribution in [2.45, 2.75) is 50.7 Å². The SMILES string of the molecule is Cc1ccc(-c2ccccc2)cc1-c1cc2c(c[n+]1C)CC[Si]21CCCCC1. The van der Waals surface area contributed by atoms with E-state index in [9.17, 15) is 0 Å². The van der Waals surface area contributed by atoms with E-state index < -0.39 is 8.07 Å². The summed E-state index contributed by atoms with van der Waals surface area (Å²) < 4.78 is 2.38. The molecule has 0 bridgehead atoms. The fourth-order valence-corrected chi connectivity index (χ4v) is 11.1. The zero-order valence-corrected chi connectivity index (χ0v) is 18.2. The molecule has 28 heavy (non-hydrogen) atoms. The summed E-state index contributed by atoms with van der Waals surface area (Å²) in [4.78, 5) is 0. The van der Waals surface area contributed by atoms with Crippen LogP contribution < -0.4 is 9.75 Å². The third-order valence-electron chi connectivity index (χ3n) is 7.23. The minimum absolute atomic E-state index is 1.24. The Balaban J connectivity index is 1.64. The molecule has 2 aromatic carbocycles. The van der Waals surface area contributed by atoms with Gasteiger partial charge in [0.15, 0.2) is 6.20 Å². The van der Waals surface area contributed by atoms with Crippen molar-refractivity contribution in [3.63, 3.8) is 0 Å². The largest absolute Gasteiger partial charge is 0.212 e. The fraction of sp³-hybridized carbons (Fsp3) is 0.346. The van der Waals surface area contributed by atoms with Crippen molar-refractivity contribution in [1.82, 2.24) is 0 Å². The zero-order chi connectivity index (χ0) is 19.1. The summed E-state index contributed by atoms with van der Waals surface area (Å²) in [5, 5.41) is 1.80. The summed E-state index contributed by atoms with van der Waals surface area (Å²) in [6.45, 7) is 2.26. The molecule has 0 atom stereocenters. The minimum Gasteiger partial charge on any atom is -0.201 e. The normalized spacial score (nSPS) is 17.6. The van der Waals surface area contributed by atoms with E-state index in [0.717, 1.165) is 0 Å². The quantitative estimate of drug-likeness (QED) is 0.403. The molecule has 1 aromatic heterocycles. The van der Waals surface area contributed by atoms with Gasteiger partial charge in [-0.05, 0) is 47.3 Å². The van der Waals surface area contributed by atoms with Gasteiger partial charge in [-0.15, -0.1) is 0 Å².